The van der Waals surface area contributed by atoms with Crippen molar-refractivity contribution in [2.24, 2.45) is 0 Å². The second-order valence-electron chi connectivity index (χ2n) is 8.38. The molecule has 5 rings (SSSR count). The van der Waals surface area contributed by atoms with E-state index in [2.05, 4.69) is 59.5 Å². The zero-order valence-electron chi connectivity index (χ0n) is 19.6. The summed E-state index contributed by atoms with van der Waals surface area (Å²) in [6.07, 6.45) is 3.70. The summed E-state index contributed by atoms with van der Waals surface area (Å²) in [5.74, 6) is 1.56. The monoisotopic (exact) mass is 461 g/mol. The van der Waals surface area contributed by atoms with Crippen LogP contribution >= 0.6 is 0 Å². The molecule has 0 amide bonds. The quantitative estimate of drug-likeness (QED) is 0.238. The maximum Gasteiger partial charge on any atom is 0.204 e. The van der Waals surface area contributed by atoms with Gasteiger partial charge in [-0.1, -0.05) is 54.6 Å². The fourth-order valence-electron chi connectivity index (χ4n) is 4.18. The number of fused-ring (bicyclic) bond motifs is 1. The van der Waals surface area contributed by atoms with E-state index in [-0.39, 0.29) is 6.61 Å². The normalized spacial score (nSPS) is 11.5. The number of hydrogen-bond acceptors (Lipinski definition) is 4. The molecule has 0 aliphatic rings. The van der Waals surface area contributed by atoms with Crippen LogP contribution in [0.3, 0.4) is 0 Å². The van der Waals surface area contributed by atoms with Crippen molar-refractivity contribution in [3.05, 3.63) is 132 Å². The molecular weight excluding hydrogens is 434 g/mol. The van der Waals surface area contributed by atoms with Crippen molar-refractivity contribution in [1.82, 2.24) is 0 Å². The summed E-state index contributed by atoms with van der Waals surface area (Å²) in [7, 11) is 0. The van der Waals surface area contributed by atoms with E-state index in [9.17, 15) is 5.11 Å². The minimum atomic E-state index is -0.0126. The van der Waals surface area contributed by atoms with Gasteiger partial charge >= 0.3 is 0 Å². The van der Waals surface area contributed by atoms with Gasteiger partial charge in [0, 0.05) is 17.4 Å². The number of furan rings is 1. The number of hydrogen-bond donors (Lipinski definition) is 1. The summed E-state index contributed by atoms with van der Waals surface area (Å²) in [6, 6.07) is 34.5. The number of allylic oxidation sites excluding steroid dienone is 1. The molecule has 0 atom stereocenters. The molecule has 0 bridgehead atoms. The van der Waals surface area contributed by atoms with Crippen LogP contribution in [-0.4, -0.2) is 5.11 Å². The lowest BCUT2D eigenvalue weighted by Gasteiger charge is -2.22. The third-order valence-electron chi connectivity index (χ3n) is 5.96. The lowest BCUT2D eigenvalue weighted by Crippen LogP contribution is -2.08. The number of nitrogens with zero attached hydrogens (tertiary/aromatic N) is 1. The number of para-hydroxylation sites is 1. The predicted molar refractivity (Wildman–Crippen MR) is 142 cm³/mol. The molecule has 1 heterocycles. The van der Waals surface area contributed by atoms with Crippen LogP contribution in [0.2, 0.25) is 0 Å². The van der Waals surface area contributed by atoms with E-state index < -0.39 is 0 Å². The average molecular weight is 462 g/mol. The summed E-state index contributed by atoms with van der Waals surface area (Å²) in [5, 5.41) is 12.1. The van der Waals surface area contributed by atoms with Crippen molar-refractivity contribution in [2.45, 2.75) is 20.1 Å². The van der Waals surface area contributed by atoms with Gasteiger partial charge < -0.3 is 14.3 Å². The van der Waals surface area contributed by atoms with Crippen LogP contribution in [0, 0.1) is 0 Å². The van der Waals surface area contributed by atoms with Crippen LogP contribution in [0.25, 0.3) is 16.8 Å². The van der Waals surface area contributed by atoms with Gasteiger partial charge in [0.05, 0.1) is 18.6 Å². The Bertz CT molecular complexity index is 1420. The molecule has 5 aromatic rings. The molecule has 4 nitrogen and oxygen atoms in total. The molecule has 0 saturated carbocycles. The van der Waals surface area contributed by atoms with Crippen molar-refractivity contribution >= 4 is 34.1 Å². The highest BCUT2D eigenvalue weighted by molar-refractivity contribution is 5.84. The molecule has 35 heavy (non-hydrogen) atoms. The Balaban J connectivity index is 1.33. The minimum absolute atomic E-state index is 0.0126. The standard InChI is InChI=1S/C31H27NO3/c1-23(35-22-28-20-26-9-6-5-8-25(26)19-27(28)21-33)18-24-13-15-30(16-14-24)32(31-12-7-17-34-31)29-10-3-2-4-11-29/h2-20,33H,21-22H2,1H3. The lowest BCUT2D eigenvalue weighted by atomic mass is 10.0. The Morgan fingerprint density at radius 1 is 0.800 bits per heavy atom. The van der Waals surface area contributed by atoms with E-state index in [1.54, 1.807) is 6.26 Å². The molecule has 174 valence electrons. The molecule has 1 aromatic heterocycles. The average Bonchev–Trinajstić information content (AvgIpc) is 3.43. The maximum atomic E-state index is 9.82. The number of anilines is 3. The maximum absolute atomic E-state index is 9.82. The Kier molecular flexibility index (Phi) is 6.64. The minimum Gasteiger partial charge on any atom is -0.494 e. The Hall–Kier alpha value is -4.28. The summed E-state index contributed by atoms with van der Waals surface area (Å²) in [5.41, 5.74) is 4.96. The third kappa shape index (κ3) is 5.13. The highest BCUT2D eigenvalue weighted by Gasteiger charge is 2.14. The van der Waals surface area contributed by atoms with Crippen LogP contribution in [0.5, 0.6) is 0 Å². The molecule has 0 saturated heterocycles. The van der Waals surface area contributed by atoms with Gasteiger partial charge in [0.15, 0.2) is 0 Å². The first-order valence-corrected chi connectivity index (χ1v) is 11.6. The van der Waals surface area contributed by atoms with Gasteiger partial charge in [-0.15, -0.1) is 0 Å². The highest BCUT2D eigenvalue weighted by atomic mass is 16.5. The SMILES string of the molecule is CC(=Cc1ccc(N(c2ccccc2)c2ccco2)cc1)OCc1cc2ccccc2cc1CO. The van der Waals surface area contributed by atoms with Crippen LogP contribution in [-0.2, 0) is 18.0 Å². The van der Waals surface area contributed by atoms with Gasteiger partial charge in [-0.3, -0.25) is 4.90 Å². The van der Waals surface area contributed by atoms with Gasteiger partial charge in [0.1, 0.15) is 6.61 Å². The fraction of sp³-hybridized carbons (Fsp3) is 0.0968. The van der Waals surface area contributed by atoms with Gasteiger partial charge in [-0.2, -0.15) is 0 Å². The van der Waals surface area contributed by atoms with E-state index in [0.29, 0.717) is 6.61 Å². The zero-order valence-corrected chi connectivity index (χ0v) is 19.6. The van der Waals surface area contributed by atoms with Crippen LogP contribution in [0.15, 0.2) is 120 Å². The Labute approximate surface area is 205 Å². The fourth-order valence-corrected chi connectivity index (χ4v) is 4.18. The van der Waals surface area contributed by atoms with Gasteiger partial charge in [0.25, 0.3) is 0 Å². The van der Waals surface area contributed by atoms with Crippen LogP contribution in [0.1, 0.15) is 23.6 Å². The molecule has 0 unspecified atom stereocenters. The summed E-state index contributed by atoms with van der Waals surface area (Å²) in [4.78, 5) is 2.08. The highest BCUT2D eigenvalue weighted by Crippen LogP contribution is 2.34. The number of aliphatic hydroxyl groups excluding tert-OH is 1. The smallest absolute Gasteiger partial charge is 0.204 e. The zero-order chi connectivity index (χ0) is 24.0. The second-order valence-corrected chi connectivity index (χ2v) is 8.38. The Morgan fingerprint density at radius 3 is 2.11 bits per heavy atom. The molecule has 0 radical (unpaired) electrons. The molecule has 0 aliphatic heterocycles. The van der Waals surface area contributed by atoms with E-state index in [1.165, 1.54) is 0 Å². The molecule has 4 heteroatoms. The first-order valence-electron chi connectivity index (χ1n) is 11.6. The van der Waals surface area contributed by atoms with Crippen molar-refractivity contribution in [2.75, 3.05) is 4.90 Å². The van der Waals surface area contributed by atoms with E-state index in [1.807, 2.05) is 61.5 Å². The Morgan fingerprint density at radius 2 is 1.46 bits per heavy atom. The molecule has 0 fully saturated rings. The summed E-state index contributed by atoms with van der Waals surface area (Å²) >= 11 is 0. The largest absolute Gasteiger partial charge is 0.494 e. The lowest BCUT2D eigenvalue weighted by molar-refractivity contribution is 0.199. The summed E-state index contributed by atoms with van der Waals surface area (Å²) in [6.45, 7) is 2.34. The molecule has 0 spiro atoms. The van der Waals surface area contributed by atoms with Gasteiger partial charge in [-0.05, 0) is 82.9 Å². The molecule has 4 aromatic carbocycles. The number of aliphatic hydroxyl groups is 1. The van der Waals surface area contributed by atoms with E-state index in [4.69, 9.17) is 9.15 Å². The molecule has 1 N–H and O–H groups in total. The van der Waals surface area contributed by atoms with E-state index in [0.717, 1.165) is 50.5 Å². The van der Waals surface area contributed by atoms with Gasteiger partial charge in [0.2, 0.25) is 5.88 Å². The first-order chi connectivity index (χ1) is 17.2. The van der Waals surface area contributed by atoms with Crippen molar-refractivity contribution in [3.8, 4) is 0 Å². The number of benzene rings is 4. The molecular formula is C31H27NO3. The second kappa shape index (κ2) is 10.3. The van der Waals surface area contributed by atoms with Gasteiger partial charge in [-0.25, -0.2) is 0 Å². The van der Waals surface area contributed by atoms with Crippen LogP contribution in [0.4, 0.5) is 17.3 Å². The van der Waals surface area contributed by atoms with Crippen molar-refractivity contribution < 1.29 is 14.3 Å². The predicted octanol–water partition coefficient (Wildman–Crippen LogP) is 7.97. The van der Waals surface area contributed by atoms with Crippen molar-refractivity contribution in [1.29, 1.82) is 0 Å². The first kappa shape index (κ1) is 22.5. The summed E-state index contributed by atoms with van der Waals surface area (Å²) < 4.78 is 11.7. The topological polar surface area (TPSA) is 45.8 Å². The number of rotatable bonds is 8. The third-order valence-corrected chi connectivity index (χ3v) is 5.96. The molecule has 0 aliphatic carbocycles. The van der Waals surface area contributed by atoms with E-state index >= 15 is 0 Å². The van der Waals surface area contributed by atoms with Crippen molar-refractivity contribution in [3.63, 3.8) is 0 Å². The van der Waals surface area contributed by atoms with Crippen LogP contribution < -0.4 is 4.90 Å². The number of ether oxygens (including phenoxy) is 1.